The van der Waals surface area contributed by atoms with Crippen LogP contribution in [0.3, 0.4) is 0 Å². The Morgan fingerprint density at radius 2 is 1.11 bits per heavy atom. The number of rotatable bonds is 9. The van der Waals surface area contributed by atoms with Crippen LogP contribution in [0, 0.1) is 0 Å². The number of carbonyl (C=O) groups excluding carboxylic acids is 1. The second-order valence-electron chi connectivity index (χ2n) is 11.6. The van der Waals surface area contributed by atoms with Crippen molar-refractivity contribution in [3.05, 3.63) is 0 Å². The number of methoxy groups -OCH3 is 6. The summed E-state index contributed by atoms with van der Waals surface area (Å²) in [7, 11) is 27.2. The molecule has 6 radical (unpaired) electrons. The highest BCUT2D eigenvalue weighted by atomic mass is 16.7. The van der Waals surface area contributed by atoms with E-state index in [4.69, 9.17) is 85.2 Å². The van der Waals surface area contributed by atoms with Gasteiger partial charge in [-0.05, 0) is 20.8 Å². The van der Waals surface area contributed by atoms with E-state index in [1.165, 1.54) is 0 Å². The van der Waals surface area contributed by atoms with E-state index in [0.717, 1.165) is 0 Å². The lowest BCUT2D eigenvalue weighted by molar-refractivity contribution is -0.178. The molecule has 0 aromatic carbocycles. The standard InChI is InChI=1S/3C9H15BO4.CH2O/c1-5(11-2)9-4-13-6(7(9)12-3)8(10)14-9;2*1-5-9(4-11-2)7(12-3)6(13-5)8(10)14-9;1-2/h3*5-8H,4H2,1-3H3;1H2/t5?,6?,7?,8-,9-;2*5?,6?,7?,8-,9+;/m111./s1. The first kappa shape index (κ1) is 37.8. The molecule has 6 aliphatic heterocycles. The number of ether oxygens (including phenoxy) is 12. The van der Waals surface area contributed by atoms with Gasteiger partial charge in [-0.3, -0.25) is 0 Å². The Labute approximate surface area is 265 Å². The second-order valence-corrected chi connectivity index (χ2v) is 11.6. The van der Waals surface area contributed by atoms with Gasteiger partial charge in [0.05, 0.1) is 38.1 Å². The lowest BCUT2D eigenvalue weighted by Crippen LogP contribution is -2.51. The quantitative estimate of drug-likeness (QED) is 0.289. The Balaban J connectivity index is 0.000000175. The molecular weight excluding hydrogens is 577 g/mol. The van der Waals surface area contributed by atoms with Crippen LogP contribution in [-0.4, -0.2) is 183 Å². The molecule has 246 valence electrons. The molecule has 6 aliphatic rings. The van der Waals surface area contributed by atoms with Crippen molar-refractivity contribution in [2.45, 2.75) is 111 Å². The molecule has 16 heteroatoms. The molecule has 0 aliphatic carbocycles. The molecule has 6 fully saturated rings. The smallest absolute Gasteiger partial charge is 0.145 e. The van der Waals surface area contributed by atoms with Crippen LogP contribution in [0.25, 0.3) is 0 Å². The molecule has 6 heterocycles. The lowest BCUT2D eigenvalue weighted by Gasteiger charge is -2.35. The highest BCUT2D eigenvalue weighted by molar-refractivity contribution is 6.12. The Hall–Kier alpha value is -0.615. The molecule has 9 unspecified atom stereocenters. The molecule has 0 spiro atoms. The first-order chi connectivity index (χ1) is 21.0. The predicted molar refractivity (Wildman–Crippen MR) is 158 cm³/mol. The zero-order valence-electron chi connectivity index (χ0n) is 27.3. The van der Waals surface area contributed by atoms with Crippen molar-refractivity contribution in [1.29, 1.82) is 0 Å². The molecule has 6 saturated heterocycles. The first-order valence-corrected chi connectivity index (χ1v) is 14.6. The fourth-order valence-electron chi connectivity index (χ4n) is 7.25. The van der Waals surface area contributed by atoms with Crippen LogP contribution in [0.4, 0.5) is 0 Å². The molecule has 0 amide bonds. The molecule has 0 N–H and O–H groups in total. The summed E-state index contributed by atoms with van der Waals surface area (Å²) in [6.45, 7) is 9.22. The van der Waals surface area contributed by atoms with Gasteiger partial charge in [-0.2, -0.15) is 0 Å². The van der Waals surface area contributed by atoms with Gasteiger partial charge in [0.2, 0.25) is 0 Å². The van der Waals surface area contributed by atoms with Crippen molar-refractivity contribution < 1.29 is 61.6 Å². The number of hydrogen-bond acceptors (Lipinski definition) is 13. The van der Waals surface area contributed by atoms with Gasteiger partial charge in [0.1, 0.15) is 83.8 Å². The van der Waals surface area contributed by atoms with E-state index >= 15 is 0 Å². The highest BCUT2D eigenvalue weighted by Gasteiger charge is 2.65. The average Bonchev–Trinajstić information content (AvgIpc) is 3.79. The molecule has 6 rings (SSSR count). The van der Waals surface area contributed by atoms with Crippen molar-refractivity contribution >= 4 is 30.3 Å². The van der Waals surface area contributed by atoms with Crippen LogP contribution in [0.1, 0.15) is 20.8 Å². The van der Waals surface area contributed by atoms with E-state index in [9.17, 15) is 0 Å². The zero-order chi connectivity index (χ0) is 33.0. The average molecular weight is 624 g/mol. The van der Waals surface area contributed by atoms with Crippen molar-refractivity contribution in [2.75, 3.05) is 62.5 Å². The van der Waals surface area contributed by atoms with Gasteiger partial charge >= 0.3 is 0 Å². The summed E-state index contributed by atoms with van der Waals surface area (Å²) >= 11 is 0. The van der Waals surface area contributed by atoms with Crippen molar-refractivity contribution in [2.24, 2.45) is 0 Å². The van der Waals surface area contributed by atoms with Crippen molar-refractivity contribution in [3.63, 3.8) is 0 Å². The van der Waals surface area contributed by atoms with Gasteiger partial charge in [0.15, 0.2) is 0 Å². The maximum Gasteiger partial charge on any atom is 0.145 e. The third-order valence-corrected chi connectivity index (χ3v) is 9.52. The maximum atomic E-state index is 8.00. The van der Waals surface area contributed by atoms with Crippen LogP contribution in [0.5, 0.6) is 0 Å². The summed E-state index contributed by atoms with van der Waals surface area (Å²) in [6, 6.07) is -1.23. The summed E-state index contributed by atoms with van der Waals surface area (Å²) < 4.78 is 65.8. The molecule has 0 aromatic rings. The van der Waals surface area contributed by atoms with Gasteiger partial charge in [-0.25, -0.2) is 0 Å². The molecular formula is C28H47B3O13. The number of carbonyl (C=O) groups is 1. The summed E-state index contributed by atoms with van der Waals surface area (Å²) in [6.07, 6.45) is -1.10. The Morgan fingerprint density at radius 3 is 1.45 bits per heavy atom. The third kappa shape index (κ3) is 6.19. The molecule has 13 nitrogen and oxygen atoms in total. The Kier molecular flexibility index (Phi) is 13.3. The van der Waals surface area contributed by atoms with Crippen molar-refractivity contribution in [3.8, 4) is 0 Å². The Bertz CT molecular complexity index is 851. The summed E-state index contributed by atoms with van der Waals surface area (Å²) in [4.78, 5) is 8.00. The summed E-state index contributed by atoms with van der Waals surface area (Å²) in [5, 5.41) is 0. The summed E-state index contributed by atoms with van der Waals surface area (Å²) in [5.41, 5.74) is -1.60. The molecule has 0 aromatic heterocycles. The van der Waals surface area contributed by atoms with Gasteiger partial charge in [0.25, 0.3) is 0 Å². The topological polar surface area (TPSA) is 128 Å². The van der Waals surface area contributed by atoms with Gasteiger partial charge in [0, 0.05) is 60.7 Å². The molecule has 6 bridgehead atoms. The van der Waals surface area contributed by atoms with E-state index < -0.39 is 34.8 Å². The minimum Gasteiger partial charge on any atom is -0.381 e. The number of fused-ring (bicyclic) bond motifs is 6. The fraction of sp³-hybridized carbons (Fsp3) is 0.964. The lowest BCUT2D eigenvalue weighted by atomic mass is 9.89. The second kappa shape index (κ2) is 15.5. The predicted octanol–water partition coefficient (Wildman–Crippen LogP) is -1.09. The monoisotopic (exact) mass is 624 g/mol. The first-order valence-electron chi connectivity index (χ1n) is 14.6. The van der Waals surface area contributed by atoms with Crippen LogP contribution < -0.4 is 0 Å². The van der Waals surface area contributed by atoms with E-state index in [0.29, 0.717) is 19.8 Å². The normalized spacial score (nSPS) is 48.2. The molecule has 15 atom stereocenters. The van der Waals surface area contributed by atoms with E-state index in [1.54, 1.807) is 42.7 Å². The van der Waals surface area contributed by atoms with E-state index in [2.05, 4.69) is 0 Å². The number of hydrogen-bond donors (Lipinski definition) is 0. The summed E-state index contributed by atoms with van der Waals surface area (Å²) in [5.74, 6) is 0. The maximum absolute atomic E-state index is 8.00. The minimum atomic E-state index is -0.534. The fourth-order valence-corrected chi connectivity index (χ4v) is 7.25. The van der Waals surface area contributed by atoms with Gasteiger partial charge in [-0.15, -0.1) is 0 Å². The van der Waals surface area contributed by atoms with Gasteiger partial charge in [-0.1, -0.05) is 0 Å². The van der Waals surface area contributed by atoms with E-state index in [1.807, 2.05) is 27.6 Å². The Morgan fingerprint density at radius 1 is 0.705 bits per heavy atom. The SMILES string of the molecule is C=O.[B][C@@H]1O[C@@]2(C(C)OC)COC1C2OC.[B][C@@H]1O[C@@]2(COC)C(C)OC1C2OC.[B][C@@H]1O[C@@]2(COC)C(C)OC1C2OC. The van der Waals surface area contributed by atoms with Crippen LogP contribution in [-0.2, 0) is 61.6 Å². The van der Waals surface area contributed by atoms with Gasteiger partial charge < -0.3 is 61.6 Å². The third-order valence-electron chi connectivity index (χ3n) is 9.52. The molecule has 44 heavy (non-hydrogen) atoms. The van der Waals surface area contributed by atoms with E-state index in [-0.39, 0.29) is 54.9 Å². The van der Waals surface area contributed by atoms with Crippen LogP contribution in [0.2, 0.25) is 0 Å². The van der Waals surface area contributed by atoms with Crippen LogP contribution >= 0.6 is 0 Å². The van der Waals surface area contributed by atoms with Crippen LogP contribution in [0.15, 0.2) is 0 Å². The minimum absolute atomic E-state index is 0.0443. The largest absolute Gasteiger partial charge is 0.381 e. The van der Waals surface area contributed by atoms with Crippen molar-refractivity contribution in [1.82, 2.24) is 0 Å². The zero-order valence-corrected chi connectivity index (χ0v) is 27.3. The highest BCUT2D eigenvalue weighted by Crippen LogP contribution is 2.46. The molecule has 0 saturated carbocycles.